The minimum atomic E-state index is 0.431. The summed E-state index contributed by atoms with van der Waals surface area (Å²) in [5.41, 5.74) is 2.25. The van der Waals surface area contributed by atoms with Gasteiger partial charge in [0.15, 0.2) is 0 Å². The normalized spacial score (nSPS) is 16.4. The summed E-state index contributed by atoms with van der Waals surface area (Å²) in [7, 11) is 0. The SMILES string of the molecule is C1=CC(OCCOc2cccc(OCCOc3ccc(C4=NCCN4)cc3)c2)=CC=C(C2=NCCN2)C1. The molecule has 2 heterocycles. The molecule has 2 aromatic carbocycles. The zero-order valence-electron chi connectivity index (χ0n) is 20.8. The molecule has 2 N–H and O–H groups in total. The second kappa shape index (κ2) is 12.7. The molecule has 0 saturated carbocycles. The quantitative estimate of drug-likeness (QED) is 0.433. The van der Waals surface area contributed by atoms with Crippen LogP contribution in [0.1, 0.15) is 12.0 Å². The number of rotatable bonds is 12. The number of aliphatic imine (C=N–C) groups is 2. The van der Waals surface area contributed by atoms with Gasteiger partial charge in [-0.25, -0.2) is 0 Å². The van der Waals surface area contributed by atoms with E-state index in [9.17, 15) is 0 Å². The minimum absolute atomic E-state index is 0.431. The molecule has 3 aliphatic rings. The van der Waals surface area contributed by atoms with Gasteiger partial charge in [-0.15, -0.1) is 0 Å². The summed E-state index contributed by atoms with van der Waals surface area (Å²) in [6, 6.07) is 15.5. The van der Waals surface area contributed by atoms with E-state index in [0.29, 0.717) is 26.4 Å². The molecule has 0 bridgehead atoms. The Bertz CT molecular complexity index is 1210. The van der Waals surface area contributed by atoms with Gasteiger partial charge in [0.2, 0.25) is 0 Å². The van der Waals surface area contributed by atoms with Crippen molar-refractivity contribution in [2.45, 2.75) is 6.42 Å². The Balaban J connectivity index is 1.00. The van der Waals surface area contributed by atoms with E-state index in [1.165, 1.54) is 5.57 Å². The Kier molecular flexibility index (Phi) is 8.39. The fourth-order valence-electron chi connectivity index (χ4n) is 4.09. The third kappa shape index (κ3) is 7.16. The first-order valence-corrected chi connectivity index (χ1v) is 12.7. The zero-order valence-corrected chi connectivity index (χ0v) is 20.8. The maximum atomic E-state index is 5.87. The van der Waals surface area contributed by atoms with Crippen molar-refractivity contribution in [3.8, 4) is 17.2 Å². The monoisotopic (exact) mass is 500 g/mol. The molecule has 192 valence electrons. The average molecular weight is 501 g/mol. The van der Waals surface area contributed by atoms with Crippen LogP contribution in [0.5, 0.6) is 17.2 Å². The van der Waals surface area contributed by atoms with Gasteiger partial charge in [0.05, 0.1) is 13.1 Å². The smallest absolute Gasteiger partial charge is 0.128 e. The molecule has 0 aromatic heterocycles. The van der Waals surface area contributed by atoms with Crippen LogP contribution in [0, 0.1) is 0 Å². The molecule has 2 aromatic rings. The zero-order chi connectivity index (χ0) is 25.1. The first-order chi connectivity index (χ1) is 18.3. The number of ether oxygens (including phenoxy) is 4. The van der Waals surface area contributed by atoms with Crippen molar-refractivity contribution < 1.29 is 18.9 Å². The van der Waals surface area contributed by atoms with Crippen LogP contribution in [-0.2, 0) is 4.74 Å². The van der Waals surface area contributed by atoms with Gasteiger partial charge in [0.1, 0.15) is 61.1 Å². The first-order valence-electron chi connectivity index (χ1n) is 12.7. The number of nitrogens with zero attached hydrogens (tertiary/aromatic N) is 2. The molecule has 2 aliphatic heterocycles. The van der Waals surface area contributed by atoms with Crippen molar-refractivity contribution in [3.63, 3.8) is 0 Å². The van der Waals surface area contributed by atoms with Crippen LogP contribution in [-0.4, -0.2) is 64.3 Å². The highest BCUT2D eigenvalue weighted by molar-refractivity contribution is 6.00. The van der Waals surface area contributed by atoms with Crippen LogP contribution in [0.3, 0.4) is 0 Å². The second-order valence-electron chi connectivity index (χ2n) is 8.57. The highest BCUT2D eigenvalue weighted by Gasteiger charge is 2.11. The van der Waals surface area contributed by atoms with Crippen molar-refractivity contribution in [2.24, 2.45) is 9.98 Å². The molecular weight excluding hydrogens is 468 g/mol. The van der Waals surface area contributed by atoms with E-state index in [-0.39, 0.29) is 0 Å². The molecule has 0 amide bonds. The van der Waals surface area contributed by atoms with Crippen LogP contribution >= 0.6 is 0 Å². The van der Waals surface area contributed by atoms with Crippen molar-refractivity contribution in [1.29, 1.82) is 0 Å². The number of allylic oxidation sites excluding steroid dienone is 4. The van der Waals surface area contributed by atoms with Crippen molar-refractivity contribution in [1.82, 2.24) is 10.6 Å². The Labute approximate surface area is 217 Å². The lowest BCUT2D eigenvalue weighted by Crippen LogP contribution is -2.20. The van der Waals surface area contributed by atoms with E-state index < -0.39 is 0 Å². The van der Waals surface area contributed by atoms with Gasteiger partial charge >= 0.3 is 0 Å². The molecule has 0 spiro atoms. The van der Waals surface area contributed by atoms with Crippen molar-refractivity contribution >= 4 is 11.7 Å². The molecule has 5 rings (SSSR count). The lowest BCUT2D eigenvalue weighted by Gasteiger charge is -2.11. The number of nitrogens with one attached hydrogen (secondary N) is 2. The maximum absolute atomic E-state index is 5.87. The van der Waals surface area contributed by atoms with Gasteiger partial charge in [-0.2, -0.15) is 0 Å². The molecule has 37 heavy (non-hydrogen) atoms. The van der Waals surface area contributed by atoms with Gasteiger partial charge in [0, 0.05) is 24.7 Å². The van der Waals surface area contributed by atoms with E-state index in [4.69, 9.17) is 18.9 Å². The van der Waals surface area contributed by atoms with Crippen LogP contribution in [0.25, 0.3) is 0 Å². The molecular formula is C29H32N4O4. The summed E-state index contributed by atoms with van der Waals surface area (Å²) in [5.74, 6) is 5.02. The number of hydrogen-bond acceptors (Lipinski definition) is 8. The highest BCUT2D eigenvalue weighted by atomic mass is 16.5. The summed E-state index contributed by atoms with van der Waals surface area (Å²) in [5, 5.41) is 6.58. The minimum Gasteiger partial charge on any atom is -0.490 e. The summed E-state index contributed by atoms with van der Waals surface area (Å²) >= 11 is 0. The molecule has 0 atom stereocenters. The number of hydrogen-bond donors (Lipinski definition) is 2. The van der Waals surface area contributed by atoms with E-state index in [1.807, 2.05) is 60.7 Å². The maximum Gasteiger partial charge on any atom is 0.128 e. The third-order valence-corrected chi connectivity index (χ3v) is 5.90. The molecule has 8 nitrogen and oxygen atoms in total. The Morgan fingerprint density at radius 1 is 0.676 bits per heavy atom. The lowest BCUT2D eigenvalue weighted by atomic mass is 10.1. The fraction of sp³-hybridized carbons (Fsp3) is 0.310. The number of benzene rings is 2. The summed E-state index contributed by atoms with van der Waals surface area (Å²) in [6.45, 7) is 5.22. The van der Waals surface area contributed by atoms with Gasteiger partial charge in [-0.3, -0.25) is 9.98 Å². The number of amidine groups is 2. The van der Waals surface area contributed by atoms with E-state index in [2.05, 4.69) is 32.8 Å². The van der Waals surface area contributed by atoms with Gasteiger partial charge in [-0.1, -0.05) is 18.2 Å². The van der Waals surface area contributed by atoms with Crippen LogP contribution in [0.4, 0.5) is 0 Å². The summed E-state index contributed by atoms with van der Waals surface area (Å²) in [4.78, 5) is 8.91. The predicted molar refractivity (Wildman–Crippen MR) is 145 cm³/mol. The van der Waals surface area contributed by atoms with Gasteiger partial charge < -0.3 is 29.6 Å². The molecule has 0 unspecified atom stereocenters. The fourth-order valence-corrected chi connectivity index (χ4v) is 4.09. The van der Waals surface area contributed by atoms with Crippen molar-refractivity contribution in [3.05, 3.63) is 89.7 Å². The van der Waals surface area contributed by atoms with Crippen LogP contribution < -0.4 is 24.8 Å². The van der Waals surface area contributed by atoms with Gasteiger partial charge in [0.25, 0.3) is 0 Å². The molecule has 0 radical (unpaired) electrons. The Morgan fingerprint density at radius 2 is 1.32 bits per heavy atom. The van der Waals surface area contributed by atoms with E-state index >= 15 is 0 Å². The average Bonchev–Trinajstić information content (AvgIpc) is 3.62. The third-order valence-electron chi connectivity index (χ3n) is 5.90. The second-order valence-corrected chi connectivity index (χ2v) is 8.57. The molecule has 1 aliphatic carbocycles. The summed E-state index contributed by atoms with van der Waals surface area (Å²) < 4.78 is 23.4. The Morgan fingerprint density at radius 3 is 2.00 bits per heavy atom. The first kappa shape index (κ1) is 24.5. The predicted octanol–water partition coefficient (Wildman–Crippen LogP) is 3.66. The van der Waals surface area contributed by atoms with Crippen LogP contribution in [0.2, 0.25) is 0 Å². The lowest BCUT2D eigenvalue weighted by molar-refractivity contribution is 0.163. The molecule has 0 saturated heterocycles. The highest BCUT2D eigenvalue weighted by Crippen LogP contribution is 2.20. The topological polar surface area (TPSA) is 85.7 Å². The molecule has 8 heteroatoms. The van der Waals surface area contributed by atoms with E-state index in [0.717, 1.165) is 72.8 Å². The van der Waals surface area contributed by atoms with Gasteiger partial charge in [-0.05, 0) is 60.5 Å². The van der Waals surface area contributed by atoms with E-state index in [1.54, 1.807) is 0 Å². The van der Waals surface area contributed by atoms with Crippen LogP contribution in [0.15, 0.2) is 94.2 Å². The largest absolute Gasteiger partial charge is 0.490 e. The molecule has 0 fully saturated rings. The Hall–Kier alpha value is -4.20. The summed E-state index contributed by atoms with van der Waals surface area (Å²) in [6.07, 6.45) is 8.97. The standard InChI is InChI=1S/C29H32N4O4/c1-3-22(28-30-13-14-31-28)7-10-24(4-1)34-17-19-36-26-5-2-6-27(21-26)37-20-18-35-25-11-8-23(9-12-25)29-32-15-16-33-29/h1-2,4-12,21H,3,13-20H2,(H,30,31)(H,32,33). The van der Waals surface area contributed by atoms with Crippen molar-refractivity contribution in [2.75, 3.05) is 52.6 Å².